The summed E-state index contributed by atoms with van der Waals surface area (Å²) in [6.07, 6.45) is 0. The highest BCUT2D eigenvalue weighted by Crippen LogP contribution is 2.27. The van der Waals surface area contributed by atoms with Crippen molar-refractivity contribution in [3.05, 3.63) is 53.0 Å². The predicted octanol–water partition coefficient (Wildman–Crippen LogP) is 4.92. The number of thioether (sulfide) groups is 1. The molecule has 2 heterocycles. The number of thiazole rings is 1. The second kappa shape index (κ2) is 8.34. The number of nitrogens with one attached hydrogen (secondary N) is 1. The van der Waals surface area contributed by atoms with Gasteiger partial charge in [-0.2, -0.15) is 0 Å². The Bertz CT molecular complexity index is 1180. The monoisotopic (exact) mass is 423 g/mol. The van der Waals surface area contributed by atoms with Gasteiger partial charge in [0.1, 0.15) is 0 Å². The summed E-state index contributed by atoms with van der Waals surface area (Å²) in [5.41, 5.74) is 3.95. The molecule has 0 bridgehead atoms. The summed E-state index contributed by atoms with van der Waals surface area (Å²) < 4.78 is 3.12. The molecule has 0 saturated carbocycles. The highest BCUT2D eigenvalue weighted by Gasteiger charge is 2.16. The summed E-state index contributed by atoms with van der Waals surface area (Å²) in [6, 6.07) is 13.9. The molecule has 148 valence electrons. The van der Waals surface area contributed by atoms with Crippen LogP contribution in [0.5, 0.6) is 0 Å². The molecular formula is C21H21N5OS2. The Hall–Kier alpha value is -2.71. The van der Waals surface area contributed by atoms with Crippen LogP contribution < -0.4 is 5.32 Å². The van der Waals surface area contributed by atoms with E-state index >= 15 is 0 Å². The van der Waals surface area contributed by atoms with E-state index in [9.17, 15) is 4.79 Å². The number of fused-ring (bicyclic) bond motifs is 1. The molecule has 1 N–H and O–H groups in total. The Kier molecular flexibility index (Phi) is 5.64. The Balaban J connectivity index is 1.45. The number of carbonyl (C=O) groups is 1. The smallest absolute Gasteiger partial charge is 0.234 e. The number of rotatable bonds is 6. The number of anilines is 1. The molecule has 1 amide bonds. The number of hydrogen-bond donors (Lipinski definition) is 1. The number of amides is 1. The van der Waals surface area contributed by atoms with Crippen molar-refractivity contribution in [3.63, 3.8) is 0 Å². The van der Waals surface area contributed by atoms with Gasteiger partial charge in [0.2, 0.25) is 5.91 Å². The third kappa shape index (κ3) is 4.18. The largest absolute Gasteiger partial charge is 0.325 e. The molecule has 6 nitrogen and oxygen atoms in total. The lowest BCUT2D eigenvalue weighted by Crippen LogP contribution is -2.14. The molecule has 29 heavy (non-hydrogen) atoms. The Labute approximate surface area is 177 Å². The summed E-state index contributed by atoms with van der Waals surface area (Å²) in [5, 5.41) is 13.4. The van der Waals surface area contributed by atoms with Crippen molar-refractivity contribution in [2.75, 3.05) is 11.1 Å². The van der Waals surface area contributed by atoms with E-state index < -0.39 is 0 Å². The Morgan fingerprint density at radius 2 is 2.00 bits per heavy atom. The summed E-state index contributed by atoms with van der Waals surface area (Å²) in [4.78, 5) is 16.9. The fourth-order valence-corrected chi connectivity index (χ4v) is 4.82. The normalized spacial score (nSPS) is 11.1. The second-order valence-corrected chi connectivity index (χ2v) is 8.79. The van der Waals surface area contributed by atoms with Crippen LogP contribution in [0.2, 0.25) is 0 Å². The summed E-state index contributed by atoms with van der Waals surface area (Å²) >= 11 is 3.02. The van der Waals surface area contributed by atoms with Gasteiger partial charge in [0.05, 0.1) is 21.0 Å². The van der Waals surface area contributed by atoms with Crippen LogP contribution in [0, 0.1) is 13.8 Å². The minimum absolute atomic E-state index is 0.0707. The van der Waals surface area contributed by atoms with Crippen molar-refractivity contribution in [2.45, 2.75) is 32.5 Å². The molecule has 0 saturated heterocycles. The lowest BCUT2D eigenvalue weighted by atomic mass is 10.1. The maximum absolute atomic E-state index is 12.5. The van der Waals surface area contributed by atoms with Gasteiger partial charge in [0.15, 0.2) is 11.0 Å². The Morgan fingerprint density at radius 1 is 1.17 bits per heavy atom. The lowest BCUT2D eigenvalue weighted by Gasteiger charge is -2.09. The van der Waals surface area contributed by atoms with Crippen molar-refractivity contribution in [2.24, 2.45) is 0 Å². The average molecular weight is 424 g/mol. The number of carbonyl (C=O) groups excluding carboxylic acids is 1. The third-order valence-corrected chi connectivity index (χ3v) is 6.43. The topological polar surface area (TPSA) is 72.7 Å². The molecule has 0 spiro atoms. The number of aromatic nitrogens is 4. The van der Waals surface area contributed by atoms with Gasteiger partial charge in [0.25, 0.3) is 0 Å². The van der Waals surface area contributed by atoms with E-state index in [-0.39, 0.29) is 11.7 Å². The summed E-state index contributed by atoms with van der Waals surface area (Å²) in [5.74, 6) is 1.03. The predicted molar refractivity (Wildman–Crippen MR) is 120 cm³/mol. The van der Waals surface area contributed by atoms with Gasteiger partial charge >= 0.3 is 0 Å². The zero-order valence-corrected chi connectivity index (χ0v) is 18.1. The van der Waals surface area contributed by atoms with Gasteiger partial charge in [-0.15, -0.1) is 21.5 Å². The van der Waals surface area contributed by atoms with Crippen molar-refractivity contribution in [3.8, 4) is 11.4 Å². The molecule has 0 fully saturated rings. The van der Waals surface area contributed by atoms with Crippen LogP contribution in [0.25, 0.3) is 21.6 Å². The van der Waals surface area contributed by atoms with E-state index in [1.165, 1.54) is 11.8 Å². The maximum atomic E-state index is 12.5. The number of hydrogen-bond acceptors (Lipinski definition) is 6. The third-order valence-electron chi connectivity index (χ3n) is 4.53. The maximum Gasteiger partial charge on any atom is 0.234 e. The first kappa shape index (κ1) is 19.6. The number of aryl methyl sites for hydroxylation is 2. The van der Waals surface area contributed by atoms with Crippen LogP contribution >= 0.6 is 23.1 Å². The van der Waals surface area contributed by atoms with Crippen LogP contribution in [0.15, 0.2) is 47.6 Å². The first-order valence-corrected chi connectivity index (χ1v) is 11.1. The fraction of sp³-hybridized carbons (Fsp3) is 0.238. The average Bonchev–Trinajstić information content (AvgIpc) is 3.28. The number of nitrogens with zero attached hydrogens (tertiary/aromatic N) is 4. The van der Waals surface area contributed by atoms with Gasteiger partial charge in [-0.1, -0.05) is 36.0 Å². The molecule has 0 atom stereocenters. The highest BCUT2D eigenvalue weighted by molar-refractivity contribution is 7.99. The molecule has 4 aromatic rings. The van der Waals surface area contributed by atoms with E-state index in [0.29, 0.717) is 0 Å². The second-order valence-electron chi connectivity index (χ2n) is 6.62. The van der Waals surface area contributed by atoms with Crippen molar-refractivity contribution in [1.82, 2.24) is 19.7 Å². The van der Waals surface area contributed by atoms with Crippen LogP contribution in [-0.2, 0) is 11.3 Å². The first-order chi connectivity index (χ1) is 14.0. The molecule has 2 aromatic heterocycles. The minimum Gasteiger partial charge on any atom is -0.325 e. The van der Waals surface area contributed by atoms with E-state index in [2.05, 4.69) is 40.4 Å². The highest BCUT2D eigenvalue weighted by atomic mass is 32.2. The number of benzene rings is 2. The van der Waals surface area contributed by atoms with Crippen molar-refractivity contribution < 1.29 is 4.79 Å². The zero-order chi connectivity index (χ0) is 20.4. The molecule has 2 aromatic carbocycles. The van der Waals surface area contributed by atoms with Gasteiger partial charge in [0, 0.05) is 17.8 Å². The van der Waals surface area contributed by atoms with Crippen LogP contribution in [0.3, 0.4) is 0 Å². The summed E-state index contributed by atoms with van der Waals surface area (Å²) in [7, 11) is 0. The van der Waals surface area contributed by atoms with E-state index in [4.69, 9.17) is 0 Å². The SMILES string of the molecule is CCn1c(SCC(=O)Nc2ccc3nc(C)sc3c2)nnc1-c1ccccc1C. The molecular weight excluding hydrogens is 402 g/mol. The van der Waals surface area contributed by atoms with Gasteiger partial charge in [-0.3, -0.25) is 4.79 Å². The molecule has 0 aliphatic rings. The van der Waals surface area contributed by atoms with E-state index in [1.54, 1.807) is 11.3 Å². The zero-order valence-electron chi connectivity index (χ0n) is 16.5. The first-order valence-electron chi connectivity index (χ1n) is 9.34. The quantitative estimate of drug-likeness (QED) is 0.446. The standard InChI is InChI=1S/C21H21N5OS2/c1-4-26-20(16-8-6-5-7-13(16)2)24-25-21(26)28-12-19(27)23-15-9-10-17-18(11-15)29-14(3)22-17/h5-11H,4,12H2,1-3H3,(H,23,27). The van der Waals surface area contributed by atoms with Gasteiger partial charge in [-0.05, 0) is 44.5 Å². The van der Waals surface area contributed by atoms with Crippen LogP contribution in [-0.4, -0.2) is 31.4 Å². The van der Waals surface area contributed by atoms with Gasteiger partial charge in [-0.25, -0.2) is 4.98 Å². The van der Waals surface area contributed by atoms with Crippen LogP contribution in [0.4, 0.5) is 5.69 Å². The summed E-state index contributed by atoms with van der Waals surface area (Å²) in [6.45, 7) is 6.84. The molecule has 0 aliphatic carbocycles. The van der Waals surface area contributed by atoms with Crippen molar-refractivity contribution >= 4 is 44.9 Å². The fourth-order valence-electron chi connectivity index (χ4n) is 3.15. The van der Waals surface area contributed by atoms with Crippen molar-refractivity contribution in [1.29, 1.82) is 0 Å². The molecule has 4 rings (SSSR count). The molecule has 0 aliphatic heterocycles. The molecule has 0 unspecified atom stereocenters. The van der Waals surface area contributed by atoms with Crippen LogP contribution in [0.1, 0.15) is 17.5 Å². The van der Waals surface area contributed by atoms with Gasteiger partial charge < -0.3 is 9.88 Å². The van der Waals surface area contributed by atoms with E-state index in [0.717, 1.165) is 49.6 Å². The van der Waals surface area contributed by atoms with E-state index in [1.807, 2.05) is 47.9 Å². The minimum atomic E-state index is -0.0707. The molecule has 0 radical (unpaired) electrons. The molecule has 8 heteroatoms. The Morgan fingerprint density at radius 3 is 2.79 bits per heavy atom. The lowest BCUT2D eigenvalue weighted by molar-refractivity contribution is -0.113.